The van der Waals surface area contributed by atoms with Gasteiger partial charge in [0.15, 0.2) is 6.04 Å². The molecule has 0 spiro atoms. The summed E-state index contributed by atoms with van der Waals surface area (Å²) in [7, 11) is -2.28. The minimum atomic E-state index is -3.80. The maximum absolute atomic E-state index is 12.7. The molecular weight excluding hydrogens is 478 g/mol. The zero-order valence-corrected chi connectivity index (χ0v) is 19.7. The Bertz CT molecular complexity index is 1390. The molecule has 0 amide bonds. The van der Waals surface area contributed by atoms with Gasteiger partial charge in [0, 0.05) is 12.6 Å². The third-order valence-corrected chi connectivity index (χ3v) is 7.98. The van der Waals surface area contributed by atoms with Crippen LogP contribution in [0.15, 0.2) is 71.2 Å². The molecule has 0 aliphatic carbocycles. The van der Waals surface area contributed by atoms with Crippen molar-refractivity contribution >= 4 is 27.3 Å². The molecule has 176 valence electrons. The van der Waals surface area contributed by atoms with Gasteiger partial charge in [-0.3, -0.25) is 4.98 Å². The van der Waals surface area contributed by atoms with E-state index in [1.807, 2.05) is 6.07 Å². The topological polar surface area (TPSA) is 136 Å². The molecule has 0 saturated carbocycles. The van der Waals surface area contributed by atoms with E-state index in [2.05, 4.69) is 20.0 Å². The number of aromatic nitrogens is 4. The van der Waals surface area contributed by atoms with Crippen LogP contribution in [0.2, 0.25) is 0 Å². The summed E-state index contributed by atoms with van der Waals surface area (Å²) < 4.78 is 34.6. The number of sulfonamides is 1. The van der Waals surface area contributed by atoms with Crippen molar-refractivity contribution in [3.05, 3.63) is 78.2 Å². The molecule has 12 heteroatoms. The molecule has 0 fully saturated rings. The SMILES string of the molecule is COc1ccccc1CC(C(=O)O)n1cc(CNS(=O)(=O)c2ccc(-c3ccccn3)s2)nn1. The number of aliphatic carboxylic acids is 1. The fourth-order valence-electron chi connectivity index (χ4n) is 3.27. The Labute approximate surface area is 199 Å². The van der Waals surface area contributed by atoms with Crippen LogP contribution in [0, 0.1) is 0 Å². The van der Waals surface area contributed by atoms with Crippen LogP contribution in [-0.4, -0.2) is 46.6 Å². The van der Waals surface area contributed by atoms with Gasteiger partial charge in [0.2, 0.25) is 10.0 Å². The number of hydrogen-bond donors (Lipinski definition) is 2. The molecule has 4 aromatic rings. The number of hydrogen-bond acceptors (Lipinski definition) is 8. The van der Waals surface area contributed by atoms with Gasteiger partial charge in [0.1, 0.15) is 9.96 Å². The van der Waals surface area contributed by atoms with Crippen LogP contribution in [0.25, 0.3) is 10.6 Å². The van der Waals surface area contributed by atoms with E-state index in [0.717, 1.165) is 16.2 Å². The molecule has 4 rings (SSSR count). The Morgan fingerprint density at radius 3 is 2.71 bits per heavy atom. The van der Waals surface area contributed by atoms with Gasteiger partial charge in [-0.05, 0) is 35.9 Å². The predicted octanol–water partition coefficient (Wildman–Crippen LogP) is 2.76. The zero-order chi connectivity index (χ0) is 24.1. The largest absolute Gasteiger partial charge is 0.496 e. The first-order valence-corrected chi connectivity index (χ1v) is 12.4. The fourth-order valence-corrected chi connectivity index (χ4v) is 5.60. The number of carboxylic acid groups (broad SMARTS) is 1. The van der Waals surface area contributed by atoms with Gasteiger partial charge in [-0.15, -0.1) is 16.4 Å². The lowest BCUT2D eigenvalue weighted by Crippen LogP contribution is -2.23. The second kappa shape index (κ2) is 10.1. The molecule has 1 atom stereocenters. The molecule has 0 aliphatic heterocycles. The second-order valence-electron chi connectivity index (χ2n) is 7.22. The van der Waals surface area contributed by atoms with Gasteiger partial charge >= 0.3 is 5.97 Å². The number of ether oxygens (including phenoxy) is 1. The van der Waals surface area contributed by atoms with Crippen LogP contribution in [0.3, 0.4) is 0 Å². The van der Waals surface area contributed by atoms with Crippen LogP contribution >= 0.6 is 11.3 Å². The summed E-state index contributed by atoms with van der Waals surface area (Å²) in [5.74, 6) is -0.522. The van der Waals surface area contributed by atoms with E-state index in [4.69, 9.17) is 4.74 Å². The van der Waals surface area contributed by atoms with Crippen molar-refractivity contribution in [1.82, 2.24) is 24.7 Å². The lowest BCUT2D eigenvalue weighted by molar-refractivity contribution is -0.141. The molecule has 0 aliphatic rings. The molecule has 10 nitrogen and oxygen atoms in total. The molecule has 0 saturated heterocycles. The first kappa shape index (κ1) is 23.5. The first-order valence-electron chi connectivity index (χ1n) is 10.1. The highest BCUT2D eigenvalue weighted by atomic mass is 32.2. The Hall–Kier alpha value is -3.61. The summed E-state index contributed by atoms with van der Waals surface area (Å²) in [4.78, 5) is 16.8. The highest BCUT2D eigenvalue weighted by Gasteiger charge is 2.24. The van der Waals surface area contributed by atoms with Crippen molar-refractivity contribution in [3.63, 3.8) is 0 Å². The maximum Gasteiger partial charge on any atom is 0.328 e. The van der Waals surface area contributed by atoms with Crippen molar-refractivity contribution in [2.24, 2.45) is 0 Å². The van der Waals surface area contributed by atoms with Crippen LogP contribution in [0.4, 0.5) is 0 Å². The predicted molar refractivity (Wildman–Crippen MR) is 125 cm³/mol. The van der Waals surface area contributed by atoms with Gasteiger partial charge < -0.3 is 9.84 Å². The second-order valence-corrected chi connectivity index (χ2v) is 10.3. The van der Waals surface area contributed by atoms with E-state index in [1.54, 1.807) is 48.7 Å². The van der Waals surface area contributed by atoms with Gasteiger partial charge in [0.25, 0.3) is 0 Å². The van der Waals surface area contributed by atoms with Crippen molar-refractivity contribution in [3.8, 4) is 16.3 Å². The number of benzene rings is 1. The van der Waals surface area contributed by atoms with Gasteiger partial charge in [-0.1, -0.05) is 29.5 Å². The van der Waals surface area contributed by atoms with Gasteiger partial charge in [-0.25, -0.2) is 22.6 Å². The number of rotatable bonds is 10. The summed E-state index contributed by atoms with van der Waals surface area (Å²) in [6.45, 7) is -0.139. The van der Waals surface area contributed by atoms with Crippen LogP contribution in [0.1, 0.15) is 17.3 Å². The number of carbonyl (C=O) groups is 1. The van der Waals surface area contributed by atoms with E-state index >= 15 is 0 Å². The summed E-state index contributed by atoms with van der Waals surface area (Å²) in [5, 5.41) is 17.6. The average Bonchev–Trinajstić information content (AvgIpc) is 3.52. The fraction of sp³-hybridized carbons (Fsp3) is 0.182. The Kier molecular flexibility index (Phi) is 7.01. The number of nitrogens with zero attached hydrogens (tertiary/aromatic N) is 4. The Balaban J connectivity index is 1.45. The Morgan fingerprint density at radius 1 is 1.18 bits per heavy atom. The van der Waals surface area contributed by atoms with Crippen molar-refractivity contribution < 1.29 is 23.1 Å². The molecule has 1 unspecified atom stereocenters. The molecule has 2 N–H and O–H groups in total. The van der Waals surface area contributed by atoms with Crippen molar-refractivity contribution in [2.75, 3.05) is 7.11 Å². The van der Waals surface area contributed by atoms with Crippen molar-refractivity contribution in [1.29, 1.82) is 0 Å². The number of nitrogens with one attached hydrogen (secondary N) is 1. The van der Waals surface area contributed by atoms with Crippen LogP contribution in [-0.2, 0) is 27.8 Å². The third kappa shape index (κ3) is 5.30. The van der Waals surface area contributed by atoms with Crippen LogP contribution in [0.5, 0.6) is 5.75 Å². The van der Waals surface area contributed by atoms with Crippen LogP contribution < -0.4 is 9.46 Å². The summed E-state index contributed by atoms with van der Waals surface area (Å²) in [6.07, 6.45) is 3.19. The van der Waals surface area contributed by atoms with Gasteiger partial charge in [0.05, 0.1) is 36.1 Å². The monoisotopic (exact) mass is 499 g/mol. The van der Waals surface area contributed by atoms with E-state index in [1.165, 1.54) is 24.1 Å². The highest BCUT2D eigenvalue weighted by Crippen LogP contribution is 2.29. The average molecular weight is 500 g/mol. The molecule has 3 aromatic heterocycles. The molecule has 0 bridgehead atoms. The number of methoxy groups -OCH3 is 1. The molecule has 0 radical (unpaired) electrons. The number of thiophene rings is 1. The normalized spacial score (nSPS) is 12.4. The van der Waals surface area contributed by atoms with Crippen molar-refractivity contribution in [2.45, 2.75) is 23.2 Å². The smallest absolute Gasteiger partial charge is 0.328 e. The van der Waals surface area contributed by atoms with E-state index in [0.29, 0.717) is 17.0 Å². The van der Waals surface area contributed by atoms with E-state index in [-0.39, 0.29) is 22.9 Å². The quantitative estimate of drug-likeness (QED) is 0.340. The lowest BCUT2D eigenvalue weighted by Gasteiger charge is -2.14. The zero-order valence-electron chi connectivity index (χ0n) is 18.0. The Morgan fingerprint density at radius 2 is 1.97 bits per heavy atom. The standard InChI is InChI=1S/C22H21N5O5S2/c1-32-19-8-3-2-6-15(19)12-18(22(28)29)27-14-16(25-26-27)13-24-34(30,31)21-10-9-20(33-21)17-7-4-5-11-23-17/h2-11,14,18,24H,12-13H2,1H3,(H,28,29). The molecule has 3 heterocycles. The molecule has 1 aromatic carbocycles. The minimum absolute atomic E-state index is 0.124. The number of para-hydroxylation sites is 1. The summed E-state index contributed by atoms with van der Waals surface area (Å²) in [6, 6.07) is 14.7. The summed E-state index contributed by atoms with van der Waals surface area (Å²) >= 11 is 1.10. The van der Waals surface area contributed by atoms with E-state index in [9.17, 15) is 18.3 Å². The highest BCUT2D eigenvalue weighted by molar-refractivity contribution is 7.91. The number of pyridine rings is 1. The van der Waals surface area contributed by atoms with Gasteiger partial charge in [-0.2, -0.15) is 0 Å². The molecule has 34 heavy (non-hydrogen) atoms. The summed E-state index contributed by atoms with van der Waals surface area (Å²) in [5.41, 5.74) is 1.68. The molecular formula is C22H21N5O5S2. The lowest BCUT2D eigenvalue weighted by atomic mass is 10.1. The first-order chi connectivity index (χ1) is 16.4. The minimum Gasteiger partial charge on any atom is -0.496 e. The third-order valence-electron chi connectivity index (χ3n) is 4.97. The maximum atomic E-state index is 12.7. The number of carboxylic acids is 1. The van der Waals surface area contributed by atoms with E-state index < -0.39 is 22.0 Å².